The van der Waals surface area contributed by atoms with Crippen LogP contribution in [0.15, 0.2) is 29.6 Å². The summed E-state index contributed by atoms with van der Waals surface area (Å²) in [6.45, 7) is 13.3. The van der Waals surface area contributed by atoms with Crippen molar-refractivity contribution in [2.75, 3.05) is 25.5 Å². The lowest BCUT2D eigenvalue weighted by Crippen LogP contribution is -2.42. The number of nitrogens with zero attached hydrogens (tertiary/aromatic N) is 2. The number of aliphatic hydroxyl groups is 1. The van der Waals surface area contributed by atoms with Crippen molar-refractivity contribution in [1.82, 2.24) is 15.2 Å². The maximum absolute atomic E-state index is 12.4. The van der Waals surface area contributed by atoms with Gasteiger partial charge in [0.2, 0.25) is 0 Å². The lowest BCUT2D eigenvalue weighted by Gasteiger charge is -2.40. The highest BCUT2D eigenvalue weighted by molar-refractivity contribution is 5.65. The quantitative estimate of drug-likeness (QED) is 0.477. The van der Waals surface area contributed by atoms with Gasteiger partial charge < -0.3 is 19.9 Å². The zero-order valence-corrected chi connectivity index (χ0v) is 21.7. The van der Waals surface area contributed by atoms with E-state index in [4.69, 9.17) is 0 Å². The average Bonchev–Trinajstić information content (AvgIpc) is 2.80. The van der Waals surface area contributed by atoms with Crippen LogP contribution in [0, 0.1) is 20.8 Å². The second-order valence-corrected chi connectivity index (χ2v) is 9.90. The number of aromatic amines is 1. The number of nitrogens with one attached hydrogen (secondary N) is 2. The molecule has 0 saturated heterocycles. The Morgan fingerprint density at radius 1 is 1.15 bits per heavy atom. The van der Waals surface area contributed by atoms with Crippen molar-refractivity contribution in [3.05, 3.63) is 68.6 Å². The first-order valence-electron chi connectivity index (χ1n) is 12.5. The van der Waals surface area contributed by atoms with Gasteiger partial charge >= 0.3 is 0 Å². The molecule has 1 atom stereocenters. The van der Waals surface area contributed by atoms with Gasteiger partial charge in [-0.3, -0.25) is 10.1 Å². The fourth-order valence-corrected chi connectivity index (χ4v) is 5.37. The van der Waals surface area contributed by atoms with E-state index < -0.39 is 6.23 Å². The van der Waals surface area contributed by atoms with E-state index in [1.165, 1.54) is 25.7 Å². The molecule has 1 saturated carbocycles. The number of pyridine rings is 1. The van der Waals surface area contributed by atoms with Gasteiger partial charge in [-0.05, 0) is 102 Å². The minimum atomic E-state index is -0.887. The van der Waals surface area contributed by atoms with E-state index in [1.54, 1.807) is 0 Å². The van der Waals surface area contributed by atoms with E-state index in [1.807, 2.05) is 32.1 Å². The molecule has 1 aromatic carbocycles. The van der Waals surface area contributed by atoms with Crippen LogP contribution < -0.4 is 15.8 Å². The molecule has 2 aromatic rings. The zero-order chi connectivity index (χ0) is 25.0. The fraction of sp³-hybridized carbons (Fsp3) is 0.536. The van der Waals surface area contributed by atoms with Crippen LogP contribution in [-0.2, 0) is 6.54 Å². The van der Waals surface area contributed by atoms with Gasteiger partial charge in [-0.2, -0.15) is 0 Å². The number of hydrogen-bond donors (Lipinski definition) is 3. The molecule has 1 aliphatic carbocycles. The van der Waals surface area contributed by atoms with Crippen LogP contribution in [-0.4, -0.2) is 47.7 Å². The predicted octanol–water partition coefficient (Wildman–Crippen LogP) is 4.42. The number of aromatic nitrogens is 1. The molecule has 6 heteroatoms. The summed E-state index contributed by atoms with van der Waals surface area (Å²) in [5.41, 5.74) is 6.34. The number of aryl methyl sites for hydroxylation is 2. The molecule has 186 valence electrons. The highest BCUT2D eigenvalue weighted by atomic mass is 16.3. The second-order valence-electron chi connectivity index (χ2n) is 9.90. The van der Waals surface area contributed by atoms with Crippen LogP contribution in [0.1, 0.15) is 72.3 Å². The summed E-state index contributed by atoms with van der Waals surface area (Å²) in [7, 11) is 4.35. The standard InChI is InChI=1S/C28H42N4O2/c1-8-21-15-24(27(33)29-17-25-18(3)14-19(4)30-28(25)34)20(5)26(16-21)32(9-2)23-12-10-22(11-13-23)31(6)7/h8,14-16,22-23,27,29,33H,1,9-13,17H2,2-7H3,(H,30,34). The maximum atomic E-state index is 12.4. The van der Waals surface area contributed by atoms with Crippen molar-refractivity contribution in [1.29, 1.82) is 0 Å². The Morgan fingerprint density at radius 3 is 2.35 bits per heavy atom. The van der Waals surface area contributed by atoms with E-state index in [9.17, 15) is 9.90 Å². The van der Waals surface area contributed by atoms with Crippen molar-refractivity contribution in [3.63, 3.8) is 0 Å². The third kappa shape index (κ3) is 5.80. The number of hydrogen-bond acceptors (Lipinski definition) is 5. The van der Waals surface area contributed by atoms with Crippen molar-refractivity contribution >= 4 is 11.8 Å². The lowest BCUT2D eigenvalue weighted by molar-refractivity contribution is 0.136. The predicted molar refractivity (Wildman–Crippen MR) is 142 cm³/mol. The molecule has 1 fully saturated rings. The third-order valence-electron chi connectivity index (χ3n) is 7.43. The Bertz CT molecular complexity index is 1050. The van der Waals surface area contributed by atoms with E-state index in [-0.39, 0.29) is 5.56 Å². The first-order valence-corrected chi connectivity index (χ1v) is 12.5. The summed E-state index contributed by atoms with van der Waals surface area (Å²) in [5, 5.41) is 14.3. The Morgan fingerprint density at radius 2 is 1.79 bits per heavy atom. The summed E-state index contributed by atoms with van der Waals surface area (Å²) < 4.78 is 0. The molecular weight excluding hydrogens is 424 g/mol. The number of anilines is 1. The smallest absolute Gasteiger partial charge is 0.252 e. The molecule has 1 unspecified atom stereocenters. The zero-order valence-electron chi connectivity index (χ0n) is 21.7. The van der Waals surface area contributed by atoms with Crippen LogP contribution in [0.2, 0.25) is 0 Å². The van der Waals surface area contributed by atoms with Gasteiger partial charge in [0, 0.05) is 47.7 Å². The Kier molecular flexibility index (Phi) is 8.74. The van der Waals surface area contributed by atoms with Crippen molar-refractivity contribution in [2.45, 2.75) is 78.2 Å². The van der Waals surface area contributed by atoms with E-state index in [0.717, 1.165) is 40.2 Å². The van der Waals surface area contributed by atoms with Gasteiger partial charge in [0.1, 0.15) is 6.23 Å². The summed E-state index contributed by atoms with van der Waals surface area (Å²) in [4.78, 5) is 20.1. The second kappa shape index (κ2) is 11.3. The Balaban J connectivity index is 1.85. The van der Waals surface area contributed by atoms with Crippen LogP contribution in [0.3, 0.4) is 0 Å². The van der Waals surface area contributed by atoms with Crippen LogP contribution in [0.5, 0.6) is 0 Å². The summed E-state index contributed by atoms with van der Waals surface area (Å²) >= 11 is 0. The first-order chi connectivity index (χ1) is 16.2. The monoisotopic (exact) mass is 466 g/mol. The molecule has 0 amide bonds. The van der Waals surface area contributed by atoms with Crippen molar-refractivity contribution in [2.24, 2.45) is 0 Å². The van der Waals surface area contributed by atoms with Gasteiger partial charge in [0.25, 0.3) is 5.56 Å². The molecule has 0 aliphatic heterocycles. The molecule has 1 heterocycles. The van der Waals surface area contributed by atoms with Crippen LogP contribution in [0.4, 0.5) is 5.69 Å². The molecule has 3 rings (SSSR count). The average molecular weight is 467 g/mol. The molecule has 1 aliphatic rings. The van der Waals surface area contributed by atoms with E-state index in [2.05, 4.69) is 60.7 Å². The molecular formula is C28H42N4O2. The van der Waals surface area contributed by atoms with Crippen LogP contribution >= 0.6 is 0 Å². The van der Waals surface area contributed by atoms with Crippen molar-refractivity contribution in [3.8, 4) is 0 Å². The molecule has 3 N–H and O–H groups in total. The van der Waals surface area contributed by atoms with E-state index in [0.29, 0.717) is 24.2 Å². The normalized spacial score (nSPS) is 19.3. The summed E-state index contributed by atoms with van der Waals surface area (Å²) in [6.07, 6.45) is 5.69. The summed E-state index contributed by atoms with van der Waals surface area (Å²) in [6, 6.07) is 7.29. The minimum Gasteiger partial charge on any atom is -0.374 e. The molecule has 0 radical (unpaired) electrons. The highest BCUT2D eigenvalue weighted by Gasteiger charge is 2.28. The fourth-order valence-electron chi connectivity index (χ4n) is 5.37. The molecule has 0 bridgehead atoms. The Labute approximate surface area is 204 Å². The number of benzene rings is 1. The largest absolute Gasteiger partial charge is 0.374 e. The molecule has 0 spiro atoms. The first kappa shape index (κ1) is 26.2. The molecule has 1 aromatic heterocycles. The maximum Gasteiger partial charge on any atom is 0.252 e. The number of aliphatic hydroxyl groups excluding tert-OH is 1. The van der Waals surface area contributed by atoms with Crippen molar-refractivity contribution < 1.29 is 5.11 Å². The number of rotatable bonds is 9. The number of H-pyrrole nitrogens is 1. The molecule has 6 nitrogen and oxygen atoms in total. The highest BCUT2D eigenvalue weighted by Crippen LogP contribution is 2.34. The minimum absolute atomic E-state index is 0.111. The van der Waals surface area contributed by atoms with Crippen LogP contribution in [0.25, 0.3) is 6.08 Å². The summed E-state index contributed by atoms with van der Waals surface area (Å²) in [5.74, 6) is 0. The SMILES string of the molecule is C=Cc1cc(C(O)NCc2c(C)cc(C)[nH]c2=O)c(C)c(N(CC)C2CCC(N(C)C)CC2)c1. The third-order valence-corrected chi connectivity index (χ3v) is 7.43. The van der Waals surface area contributed by atoms with Gasteiger partial charge in [-0.25, -0.2) is 0 Å². The van der Waals surface area contributed by atoms with Gasteiger partial charge in [0.05, 0.1) is 0 Å². The van der Waals surface area contributed by atoms with Gasteiger partial charge in [-0.15, -0.1) is 0 Å². The Hall–Kier alpha value is -2.41. The molecule has 34 heavy (non-hydrogen) atoms. The topological polar surface area (TPSA) is 71.6 Å². The lowest BCUT2D eigenvalue weighted by atomic mass is 9.88. The van der Waals surface area contributed by atoms with Gasteiger partial charge in [-0.1, -0.05) is 12.7 Å². The van der Waals surface area contributed by atoms with E-state index >= 15 is 0 Å². The van der Waals surface area contributed by atoms with Gasteiger partial charge in [0.15, 0.2) is 0 Å².